The van der Waals surface area contributed by atoms with Crippen molar-refractivity contribution in [3.05, 3.63) is 33.9 Å². The molecule has 7 nitrogen and oxygen atoms in total. The second kappa shape index (κ2) is 5.11. The number of nitro groups is 1. The van der Waals surface area contributed by atoms with Crippen molar-refractivity contribution >= 4 is 15.7 Å². The molecule has 1 aromatic carbocycles. The predicted octanol–water partition coefficient (Wildman–Crippen LogP) is 0.571. The fourth-order valence-corrected chi connectivity index (χ4v) is 1.48. The Balaban J connectivity index is 2.81. The lowest BCUT2D eigenvalue weighted by Gasteiger charge is -2.06. The van der Waals surface area contributed by atoms with Crippen LogP contribution in [0, 0.1) is 17.0 Å². The minimum atomic E-state index is -3.63. The van der Waals surface area contributed by atoms with Crippen LogP contribution in [0.15, 0.2) is 18.2 Å². The highest BCUT2D eigenvalue weighted by Crippen LogP contribution is 2.27. The van der Waals surface area contributed by atoms with Gasteiger partial charge in [0.05, 0.1) is 10.7 Å². The van der Waals surface area contributed by atoms with Gasteiger partial charge in [-0.3, -0.25) is 10.1 Å². The average molecular weight is 260 g/mol. The number of benzene rings is 1. The van der Waals surface area contributed by atoms with Gasteiger partial charge in [0.25, 0.3) is 0 Å². The SMILES string of the molecule is Cc1ccc(OCCS(N)(=O)=O)c([N+](=O)[O-])c1. The van der Waals surface area contributed by atoms with Gasteiger partial charge >= 0.3 is 5.69 Å². The molecular weight excluding hydrogens is 248 g/mol. The molecule has 1 rings (SSSR count). The summed E-state index contributed by atoms with van der Waals surface area (Å²) in [4.78, 5) is 10.1. The second-order valence-electron chi connectivity index (χ2n) is 3.44. The maximum absolute atomic E-state index is 10.7. The maximum Gasteiger partial charge on any atom is 0.311 e. The molecule has 0 spiro atoms. The van der Waals surface area contributed by atoms with Crippen molar-refractivity contribution in [2.75, 3.05) is 12.4 Å². The number of nitrogens with zero attached hydrogens (tertiary/aromatic N) is 1. The normalized spacial score (nSPS) is 11.2. The number of sulfonamides is 1. The third-order valence-corrected chi connectivity index (χ3v) is 2.67. The Labute approximate surface area is 98.4 Å². The quantitative estimate of drug-likeness (QED) is 0.614. The first-order chi connectivity index (χ1) is 7.79. The number of nitro benzene ring substituents is 1. The van der Waals surface area contributed by atoms with E-state index in [1.54, 1.807) is 13.0 Å². The molecule has 0 amide bonds. The summed E-state index contributed by atoms with van der Waals surface area (Å²) < 4.78 is 26.3. The van der Waals surface area contributed by atoms with Gasteiger partial charge in [0.1, 0.15) is 6.61 Å². The van der Waals surface area contributed by atoms with Crippen molar-refractivity contribution in [2.24, 2.45) is 5.14 Å². The molecule has 1 aromatic rings. The summed E-state index contributed by atoms with van der Waals surface area (Å²) in [7, 11) is -3.63. The smallest absolute Gasteiger partial charge is 0.311 e. The zero-order valence-corrected chi connectivity index (χ0v) is 9.94. The molecule has 0 heterocycles. The molecule has 2 N–H and O–H groups in total. The molecule has 0 aliphatic rings. The number of nitrogens with two attached hydrogens (primary N) is 1. The molecule has 0 saturated heterocycles. The van der Waals surface area contributed by atoms with Gasteiger partial charge in [-0.05, 0) is 18.6 Å². The van der Waals surface area contributed by atoms with Gasteiger partial charge in [-0.15, -0.1) is 0 Å². The topological polar surface area (TPSA) is 113 Å². The summed E-state index contributed by atoms with van der Waals surface area (Å²) in [5, 5.41) is 15.5. The lowest BCUT2D eigenvalue weighted by molar-refractivity contribution is -0.385. The monoisotopic (exact) mass is 260 g/mol. The number of ether oxygens (including phenoxy) is 1. The fourth-order valence-electron chi connectivity index (χ4n) is 1.16. The first kappa shape index (κ1) is 13.4. The minimum Gasteiger partial charge on any atom is -0.486 e. The number of rotatable bonds is 5. The van der Waals surface area contributed by atoms with Gasteiger partial charge < -0.3 is 4.74 Å². The Morgan fingerprint density at radius 2 is 2.12 bits per heavy atom. The zero-order valence-electron chi connectivity index (χ0n) is 9.12. The molecule has 0 aromatic heterocycles. The Morgan fingerprint density at radius 3 is 2.65 bits per heavy atom. The minimum absolute atomic E-state index is 0.0317. The molecule has 94 valence electrons. The zero-order chi connectivity index (χ0) is 13.1. The molecule has 0 bridgehead atoms. The lowest BCUT2D eigenvalue weighted by Crippen LogP contribution is -2.21. The summed E-state index contributed by atoms with van der Waals surface area (Å²) in [6, 6.07) is 4.42. The van der Waals surface area contributed by atoms with Crippen molar-refractivity contribution < 1.29 is 18.1 Å². The molecule has 0 aliphatic carbocycles. The molecule has 0 saturated carbocycles. The fraction of sp³-hybridized carbons (Fsp3) is 0.333. The molecule has 0 atom stereocenters. The van der Waals surface area contributed by atoms with Gasteiger partial charge in [0, 0.05) is 6.07 Å². The van der Waals surface area contributed by atoms with E-state index >= 15 is 0 Å². The summed E-state index contributed by atoms with van der Waals surface area (Å²) in [5.74, 6) is -0.359. The van der Waals surface area contributed by atoms with Crippen molar-refractivity contribution in [3.63, 3.8) is 0 Å². The molecule has 0 fully saturated rings. The molecule has 8 heteroatoms. The van der Waals surface area contributed by atoms with Crippen LogP contribution in [0.5, 0.6) is 5.75 Å². The Hall–Kier alpha value is -1.67. The summed E-state index contributed by atoms with van der Waals surface area (Å²) in [6.07, 6.45) is 0. The first-order valence-electron chi connectivity index (χ1n) is 4.68. The van der Waals surface area contributed by atoms with Gasteiger partial charge in [-0.2, -0.15) is 0 Å². The van der Waals surface area contributed by atoms with Gasteiger partial charge in [-0.1, -0.05) is 6.07 Å². The summed E-state index contributed by atoms with van der Waals surface area (Å²) >= 11 is 0. The van der Waals surface area contributed by atoms with Crippen LogP contribution in [0.25, 0.3) is 0 Å². The van der Waals surface area contributed by atoms with E-state index in [9.17, 15) is 18.5 Å². The largest absolute Gasteiger partial charge is 0.486 e. The van der Waals surface area contributed by atoms with Crippen molar-refractivity contribution in [3.8, 4) is 5.75 Å². The van der Waals surface area contributed by atoms with E-state index in [0.29, 0.717) is 0 Å². The summed E-state index contributed by atoms with van der Waals surface area (Å²) in [5.41, 5.74) is 0.523. The van der Waals surface area contributed by atoms with Crippen LogP contribution >= 0.6 is 0 Å². The van der Waals surface area contributed by atoms with Crippen LogP contribution in [-0.4, -0.2) is 25.7 Å². The van der Waals surface area contributed by atoms with E-state index in [4.69, 9.17) is 9.88 Å². The van der Waals surface area contributed by atoms with E-state index in [1.807, 2.05) is 0 Å². The third-order valence-electron chi connectivity index (χ3n) is 1.94. The predicted molar refractivity (Wildman–Crippen MR) is 61.3 cm³/mol. The third kappa shape index (κ3) is 4.37. The molecule has 0 aliphatic heterocycles. The number of hydrogen-bond acceptors (Lipinski definition) is 5. The van der Waals surface area contributed by atoms with Crippen molar-refractivity contribution in [1.82, 2.24) is 0 Å². The molecular formula is C9H12N2O5S. The maximum atomic E-state index is 10.7. The Bertz CT molecular complexity index is 526. The summed E-state index contributed by atoms with van der Waals surface area (Å²) in [6.45, 7) is 1.49. The van der Waals surface area contributed by atoms with Crippen LogP contribution < -0.4 is 9.88 Å². The highest BCUT2D eigenvalue weighted by Gasteiger charge is 2.15. The van der Waals surface area contributed by atoms with Gasteiger partial charge in [0.15, 0.2) is 5.75 Å². The van der Waals surface area contributed by atoms with Gasteiger partial charge in [-0.25, -0.2) is 13.6 Å². The molecule has 17 heavy (non-hydrogen) atoms. The van der Waals surface area contributed by atoms with Crippen molar-refractivity contribution in [2.45, 2.75) is 6.92 Å². The highest BCUT2D eigenvalue weighted by molar-refractivity contribution is 7.89. The van der Waals surface area contributed by atoms with Crippen molar-refractivity contribution in [1.29, 1.82) is 0 Å². The van der Waals surface area contributed by atoms with Gasteiger partial charge in [0.2, 0.25) is 10.0 Å². The molecule has 0 unspecified atom stereocenters. The van der Waals surface area contributed by atoms with Crippen LogP contribution in [0.4, 0.5) is 5.69 Å². The number of hydrogen-bond donors (Lipinski definition) is 1. The second-order valence-corrected chi connectivity index (χ2v) is 5.18. The average Bonchev–Trinajstić information content (AvgIpc) is 2.18. The van der Waals surface area contributed by atoms with Crippen LogP contribution in [0.3, 0.4) is 0 Å². The highest BCUT2D eigenvalue weighted by atomic mass is 32.2. The first-order valence-corrected chi connectivity index (χ1v) is 6.39. The molecule has 0 radical (unpaired) electrons. The van der Waals surface area contributed by atoms with Crippen LogP contribution in [0.2, 0.25) is 0 Å². The number of aryl methyl sites for hydroxylation is 1. The van der Waals surface area contributed by atoms with E-state index in [2.05, 4.69) is 0 Å². The van der Waals surface area contributed by atoms with E-state index in [-0.39, 0.29) is 18.0 Å². The lowest BCUT2D eigenvalue weighted by atomic mass is 10.2. The van der Waals surface area contributed by atoms with Crippen LogP contribution in [0.1, 0.15) is 5.56 Å². The Kier molecular flexibility index (Phi) is 4.02. The standard InChI is InChI=1S/C9H12N2O5S/c1-7-2-3-9(8(6-7)11(12)13)16-4-5-17(10,14)15/h2-3,6H,4-5H2,1H3,(H2,10,14,15). The van der Waals surface area contributed by atoms with E-state index in [0.717, 1.165) is 5.56 Å². The Morgan fingerprint density at radius 1 is 1.47 bits per heavy atom. The van der Waals surface area contributed by atoms with E-state index in [1.165, 1.54) is 12.1 Å². The van der Waals surface area contributed by atoms with Crippen LogP contribution in [-0.2, 0) is 10.0 Å². The van der Waals surface area contributed by atoms with E-state index < -0.39 is 20.7 Å². The number of primary sulfonamides is 1.